The van der Waals surface area contributed by atoms with Crippen LogP contribution >= 0.6 is 0 Å². The zero-order chi connectivity index (χ0) is 18.8. The monoisotopic (exact) mass is 355 g/mol. The molecule has 9 heteroatoms. The molecular formula is C16H12F3NO5. The van der Waals surface area contributed by atoms with E-state index in [1.165, 1.54) is 12.1 Å². The maximum Gasteiger partial charge on any atom is 0.416 e. The molecule has 0 N–H and O–H groups in total. The maximum absolute atomic E-state index is 12.7. The first-order valence-electron chi connectivity index (χ1n) is 6.97. The Labute approximate surface area is 139 Å². The molecule has 1 heterocycles. The summed E-state index contributed by atoms with van der Waals surface area (Å²) in [5.41, 5.74) is -2.17. The molecule has 0 atom stereocenters. The first-order chi connectivity index (χ1) is 11.6. The Morgan fingerprint density at radius 1 is 1.32 bits per heavy atom. The Morgan fingerprint density at radius 2 is 2.00 bits per heavy atom. The van der Waals surface area contributed by atoms with E-state index in [1.54, 1.807) is 6.92 Å². The van der Waals surface area contributed by atoms with E-state index < -0.39 is 28.3 Å². The third kappa shape index (κ3) is 3.87. The minimum absolute atomic E-state index is 0.00245. The van der Waals surface area contributed by atoms with Gasteiger partial charge in [-0.3, -0.25) is 10.1 Å². The van der Waals surface area contributed by atoms with Gasteiger partial charge in [-0.2, -0.15) is 13.2 Å². The lowest BCUT2D eigenvalue weighted by atomic mass is 10.1. The minimum Gasteiger partial charge on any atom is -0.462 e. The Kier molecular flexibility index (Phi) is 4.96. The number of hydrogen-bond donors (Lipinski definition) is 0. The Balaban J connectivity index is 2.44. The number of rotatable bonds is 5. The zero-order valence-corrected chi connectivity index (χ0v) is 12.9. The average molecular weight is 355 g/mol. The van der Waals surface area contributed by atoms with Crippen LogP contribution in [-0.2, 0) is 15.7 Å². The number of nitrogens with zero attached hydrogens (tertiary/aromatic N) is 1. The van der Waals surface area contributed by atoms with Crippen LogP contribution in [0.3, 0.4) is 0 Å². The lowest BCUT2D eigenvalue weighted by Crippen LogP contribution is -2.06. The second-order valence-corrected chi connectivity index (χ2v) is 4.85. The SMILES string of the molecule is C=C(C(=O)OCC)c1ccc(-c2ccc(C(F)(F)F)cc2[N+](=O)[O-])o1. The summed E-state index contributed by atoms with van der Waals surface area (Å²) in [6.07, 6.45) is -4.71. The lowest BCUT2D eigenvalue weighted by Gasteiger charge is -2.08. The summed E-state index contributed by atoms with van der Waals surface area (Å²) in [5, 5.41) is 11.1. The molecule has 1 aromatic carbocycles. The molecule has 0 radical (unpaired) electrons. The smallest absolute Gasteiger partial charge is 0.416 e. The molecule has 2 aromatic rings. The van der Waals surface area contributed by atoms with Crippen LogP contribution in [0, 0.1) is 10.1 Å². The number of furan rings is 1. The fourth-order valence-corrected chi connectivity index (χ4v) is 2.03. The highest BCUT2D eigenvalue weighted by atomic mass is 19.4. The molecule has 0 spiro atoms. The van der Waals surface area contributed by atoms with Gasteiger partial charge in [-0.15, -0.1) is 0 Å². The molecule has 0 unspecified atom stereocenters. The zero-order valence-electron chi connectivity index (χ0n) is 12.9. The molecule has 0 fully saturated rings. The van der Waals surface area contributed by atoms with Crippen LogP contribution in [0.5, 0.6) is 0 Å². The number of carbonyl (C=O) groups is 1. The van der Waals surface area contributed by atoms with Crippen molar-refractivity contribution in [2.75, 3.05) is 6.61 Å². The van der Waals surface area contributed by atoms with Gasteiger partial charge in [0.05, 0.1) is 28.2 Å². The third-order valence-electron chi connectivity index (χ3n) is 3.21. The van der Waals surface area contributed by atoms with Crippen molar-refractivity contribution in [3.05, 3.63) is 58.3 Å². The van der Waals surface area contributed by atoms with Gasteiger partial charge in [-0.1, -0.05) is 6.58 Å². The summed E-state index contributed by atoms with van der Waals surface area (Å²) in [6, 6.07) is 4.71. The fraction of sp³-hybridized carbons (Fsp3) is 0.188. The molecule has 6 nitrogen and oxygen atoms in total. The summed E-state index contributed by atoms with van der Waals surface area (Å²) in [5.74, 6) is -0.797. The van der Waals surface area contributed by atoms with E-state index in [2.05, 4.69) is 6.58 Å². The van der Waals surface area contributed by atoms with Crippen molar-refractivity contribution in [3.63, 3.8) is 0 Å². The van der Waals surface area contributed by atoms with Crippen LogP contribution in [-0.4, -0.2) is 17.5 Å². The number of alkyl halides is 3. The number of esters is 1. The molecule has 0 bridgehead atoms. The van der Waals surface area contributed by atoms with Crippen LogP contribution in [0.4, 0.5) is 18.9 Å². The Hall–Kier alpha value is -3.10. The van der Waals surface area contributed by atoms with Crippen LogP contribution in [0.15, 0.2) is 41.3 Å². The number of ether oxygens (including phenoxy) is 1. The summed E-state index contributed by atoms with van der Waals surface area (Å²) < 4.78 is 48.3. The Bertz CT molecular complexity index is 839. The van der Waals surface area contributed by atoms with E-state index in [1.807, 2.05) is 0 Å². The molecule has 132 valence electrons. The standard InChI is InChI=1S/C16H12F3NO5/c1-3-24-15(21)9(2)13-6-7-14(25-13)11-5-4-10(16(17,18)19)8-12(11)20(22)23/h4-8H,2-3H2,1H3. The van der Waals surface area contributed by atoms with Crippen molar-refractivity contribution in [2.45, 2.75) is 13.1 Å². The Morgan fingerprint density at radius 3 is 2.56 bits per heavy atom. The van der Waals surface area contributed by atoms with E-state index in [4.69, 9.17) is 9.15 Å². The molecule has 1 aromatic heterocycles. The van der Waals surface area contributed by atoms with Gasteiger partial charge in [-0.25, -0.2) is 4.79 Å². The van der Waals surface area contributed by atoms with Gasteiger partial charge in [0, 0.05) is 6.07 Å². The average Bonchev–Trinajstić information content (AvgIpc) is 3.02. The van der Waals surface area contributed by atoms with Gasteiger partial charge in [0.1, 0.15) is 11.5 Å². The van der Waals surface area contributed by atoms with Gasteiger partial charge < -0.3 is 9.15 Å². The summed E-state index contributed by atoms with van der Waals surface area (Å²) in [6.45, 7) is 5.23. The van der Waals surface area contributed by atoms with E-state index in [0.29, 0.717) is 12.1 Å². The van der Waals surface area contributed by atoms with Crippen LogP contribution in [0.25, 0.3) is 16.9 Å². The maximum atomic E-state index is 12.7. The molecule has 0 amide bonds. The second-order valence-electron chi connectivity index (χ2n) is 4.85. The highest BCUT2D eigenvalue weighted by Crippen LogP contribution is 2.38. The molecule has 25 heavy (non-hydrogen) atoms. The molecule has 0 aliphatic rings. The lowest BCUT2D eigenvalue weighted by molar-refractivity contribution is -0.384. The minimum atomic E-state index is -4.71. The van der Waals surface area contributed by atoms with Crippen molar-refractivity contribution in [3.8, 4) is 11.3 Å². The van der Waals surface area contributed by atoms with Gasteiger partial charge >= 0.3 is 12.1 Å². The van der Waals surface area contributed by atoms with Crippen molar-refractivity contribution >= 4 is 17.2 Å². The largest absolute Gasteiger partial charge is 0.462 e. The highest BCUT2D eigenvalue weighted by molar-refractivity contribution is 6.14. The molecule has 2 rings (SSSR count). The van der Waals surface area contributed by atoms with Gasteiger partial charge in [0.15, 0.2) is 0 Å². The predicted molar refractivity (Wildman–Crippen MR) is 81.5 cm³/mol. The highest BCUT2D eigenvalue weighted by Gasteiger charge is 2.33. The quantitative estimate of drug-likeness (QED) is 0.342. The van der Waals surface area contributed by atoms with E-state index >= 15 is 0 Å². The van der Waals surface area contributed by atoms with Crippen LogP contribution in [0.1, 0.15) is 18.2 Å². The molecule has 0 aliphatic carbocycles. The topological polar surface area (TPSA) is 82.6 Å². The number of hydrogen-bond acceptors (Lipinski definition) is 5. The fourth-order valence-electron chi connectivity index (χ4n) is 2.03. The summed E-state index contributed by atoms with van der Waals surface area (Å²) in [4.78, 5) is 21.8. The summed E-state index contributed by atoms with van der Waals surface area (Å²) in [7, 11) is 0. The molecule has 0 aliphatic heterocycles. The van der Waals surface area contributed by atoms with Gasteiger partial charge in [0.2, 0.25) is 0 Å². The van der Waals surface area contributed by atoms with Gasteiger partial charge in [-0.05, 0) is 31.2 Å². The van der Waals surface area contributed by atoms with E-state index in [0.717, 1.165) is 6.07 Å². The normalized spacial score (nSPS) is 11.2. The first kappa shape index (κ1) is 18.2. The van der Waals surface area contributed by atoms with Crippen molar-refractivity contribution < 1.29 is 32.0 Å². The number of halogens is 3. The van der Waals surface area contributed by atoms with Crippen LogP contribution < -0.4 is 0 Å². The van der Waals surface area contributed by atoms with E-state index in [-0.39, 0.29) is 29.3 Å². The van der Waals surface area contributed by atoms with Crippen molar-refractivity contribution in [1.29, 1.82) is 0 Å². The number of nitro benzene ring substituents is 1. The summed E-state index contributed by atoms with van der Waals surface area (Å²) >= 11 is 0. The number of benzene rings is 1. The van der Waals surface area contributed by atoms with Crippen LogP contribution in [0.2, 0.25) is 0 Å². The van der Waals surface area contributed by atoms with Crippen molar-refractivity contribution in [1.82, 2.24) is 0 Å². The first-order valence-corrected chi connectivity index (χ1v) is 6.97. The van der Waals surface area contributed by atoms with E-state index in [9.17, 15) is 28.1 Å². The second kappa shape index (κ2) is 6.80. The molecular weight excluding hydrogens is 343 g/mol. The van der Waals surface area contributed by atoms with Crippen molar-refractivity contribution in [2.24, 2.45) is 0 Å². The number of carbonyl (C=O) groups excluding carboxylic acids is 1. The predicted octanol–water partition coefficient (Wildman–Crippen LogP) is 4.45. The molecule has 0 saturated heterocycles. The molecule has 0 saturated carbocycles. The number of nitro groups is 1. The van der Waals surface area contributed by atoms with Gasteiger partial charge in [0.25, 0.3) is 5.69 Å². The third-order valence-corrected chi connectivity index (χ3v) is 3.21.